The van der Waals surface area contributed by atoms with Crippen molar-refractivity contribution in [2.75, 3.05) is 0 Å². The summed E-state index contributed by atoms with van der Waals surface area (Å²) in [6, 6.07) is 11.9. The van der Waals surface area contributed by atoms with Gasteiger partial charge in [0.05, 0.1) is 0 Å². The van der Waals surface area contributed by atoms with Gasteiger partial charge < -0.3 is 10.5 Å². The number of benzene rings is 2. The molecule has 0 heterocycles. The summed E-state index contributed by atoms with van der Waals surface area (Å²) in [5.41, 5.74) is 10.7. The lowest BCUT2D eigenvalue weighted by Crippen LogP contribution is -2.11. The molecule has 0 spiro atoms. The van der Waals surface area contributed by atoms with Gasteiger partial charge >= 0.3 is 0 Å². The second-order valence-corrected chi connectivity index (χ2v) is 5.06. The second kappa shape index (κ2) is 5.78. The van der Waals surface area contributed by atoms with E-state index in [4.69, 9.17) is 15.9 Å². The maximum Gasteiger partial charge on any atom is 0.125 e. The highest BCUT2D eigenvalue weighted by Gasteiger charge is 2.06. The summed E-state index contributed by atoms with van der Waals surface area (Å²) < 4.78 is 5.95. The Kier molecular flexibility index (Phi) is 4.08. The summed E-state index contributed by atoms with van der Waals surface area (Å²) in [5.74, 6) is 1.04. The van der Waals surface area contributed by atoms with Crippen molar-refractivity contribution in [1.82, 2.24) is 0 Å². The van der Waals surface area contributed by atoms with Gasteiger partial charge in [0.1, 0.15) is 18.2 Å². The lowest BCUT2D eigenvalue weighted by Gasteiger charge is -2.13. The molecule has 0 saturated heterocycles. The number of ether oxygens (including phenoxy) is 1. The van der Waals surface area contributed by atoms with E-state index in [0.717, 1.165) is 33.6 Å². The average molecular weight is 268 g/mol. The number of amidine groups is 1. The fourth-order valence-corrected chi connectivity index (χ4v) is 2.20. The van der Waals surface area contributed by atoms with Crippen LogP contribution in [-0.4, -0.2) is 5.84 Å². The van der Waals surface area contributed by atoms with E-state index in [1.54, 1.807) is 0 Å². The van der Waals surface area contributed by atoms with Gasteiger partial charge in [0, 0.05) is 5.56 Å². The van der Waals surface area contributed by atoms with Crippen LogP contribution in [0.1, 0.15) is 27.8 Å². The molecule has 0 saturated carbocycles. The zero-order valence-corrected chi connectivity index (χ0v) is 12.2. The number of nitrogens with one attached hydrogen (secondary N) is 1. The SMILES string of the molecule is Cc1cc(C(=N)N)ccc1COc1c(C)cccc1C. The first-order chi connectivity index (χ1) is 9.49. The Bertz CT molecular complexity index is 627. The van der Waals surface area contributed by atoms with Gasteiger partial charge in [0.25, 0.3) is 0 Å². The van der Waals surface area contributed by atoms with Crippen LogP contribution in [0, 0.1) is 26.2 Å². The number of nitrogens with two attached hydrogens (primary N) is 1. The Morgan fingerprint density at radius 1 is 1.05 bits per heavy atom. The van der Waals surface area contributed by atoms with E-state index < -0.39 is 0 Å². The summed E-state index contributed by atoms with van der Waals surface area (Å²) in [4.78, 5) is 0. The minimum atomic E-state index is 0.0929. The Hall–Kier alpha value is -2.29. The van der Waals surface area contributed by atoms with Crippen molar-refractivity contribution in [3.8, 4) is 5.75 Å². The van der Waals surface area contributed by atoms with Crippen LogP contribution in [0.2, 0.25) is 0 Å². The topological polar surface area (TPSA) is 59.1 Å². The second-order valence-electron chi connectivity index (χ2n) is 5.06. The molecule has 0 aliphatic carbocycles. The zero-order valence-electron chi connectivity index (χ0n) is 12.2. The van der Waals surface area contributed by atoms with Crippen LogP contribution in [0.5, 0.6) is 5.75 Å². The minimum Gasteiger partial charge on any atom is -0.488 e. The largest absolute Gasteiger partial charge is 0.488 e. The van der Waals surface area contributed by atoms with Gasteiger partial charge in [-0.25, -0.2) is 0 Å². The monoisotopic (exact) mass is 268 g/mol. The smallest absolute Gasteiger partial charge is 0.125 e. The molecule has 3 N–H and O–H groups in total. The van der Waals surface area contributed by atoms with Gasteiger partial charge in [-0.1, -0.05) is 30.3 Å². The maximum atomic E-state index is 7.44. The third-order valence-electron chi connectivity index (χ3n) is 3.43. The number of para-hydroxylation sites is 1. The molecule has 0 bridgehead atoms. The van der Waals surface area contributed by atoms with Crippen molar-refractivity contribution >= 4 is 5.84 Å². The Morgan fingerprint density at radius 2 is 1.70 bits per heavy atom. The summed E-state index contributed by atoms with van der Waals surface area (Å²) in [7, 11) is 0. The third-order valence-corrected chi connectivity index (χ3v) is 3.43. The average Bonchev–Trinajstić information content (AvgIpc) is 2.39. The van der Waals surface area contributed by atoms with Crippen LogP contribution in [0.3, 0.4) is 0 Å². The van der Waals surface area contributed by atoms with Crippen molar-refractivity contribution in [3.63, 3.8) is 0 Å². The van der Waals surface area contributed by atoms with Gasteiger partial charge in [0.2, 0.25) is 0 Å². The Balaban J connectivity index is 2.17. The fraction of sp³-hybridized carbons (Fsp3) is 0.235. The molecule has 2 aromatic rings. The number of rotatable bonds is 4. The van der Waals surface area contributed by atoms with Crippen LogP contribution >= 0.6 is 0 Å². The fourth-order valence-electron chi connectivity index (χ4n) is 2.20. The van der Waals surface area contributed by atoms with E-state index in [1.807, 2.05) is 57.2 Å². The van der Waals surface area contributed by atoms with Crippen LogP contribution in [0.15, 0.2) is 36.4 Å². The van der Waals surface area contributed by atoms with Crippen molar-refractivity contribution in [3.05, 3.63) is 64.2 Å². The predicted molar refractivity (Wildman–Crippen MR) is 82.4 cm³/mol. The molecule has 3 heteroatoms. The molecular formula is C17H20N2O. The van der Waals surface area contributed by atoms with Crippen LogP contribution in [0.25, 0.3) is 0 Å². The Labute approximate surface area is 119 Å². The van der Waals surface area contributed by atoms with Crippen molar-refractivity contribution in [2.45, 2.75) is 27.4 Å². The van der Waals surface area contributed by atoms with Crippen molar-refractivity contribution < 1.29 is 4.74 Å². The zero-order chi connectivity index (χ0) is 14.7. The molecule has 104 valence electrons. The summed E-state index contributed by atoms with van der Waals surface area (Å²) in [6.45, 7) is 6.63. The van der Waals surface area contributed by atoms with Crippen LogP contribution in [-0.2, 0) is 6.61 Å². The number of aryl methyl sites for hydroxylation is 3. The number of nitrogen functional groups attached to an aromatic ring is 1. The first kappa shape index (κ1) is 14.1. The molecule has 2 aromatic carbocycles. The highest BCUT2D eigenvalue weighted by molar-refractivity contribution is 5.95. The molecule has 0 fully saturated rings. The highest BCUT2D eigenvalue weighted by Crippen LogP contribution is 2.24. The molecule has 0 unspecified atom stereocenters. The normalized spacial score (nSPS) is 10.3. The number of hydrogen-bond acceptors (Lipinski definition) is 2. The van der Waals surface area contributed by atoms with Crippen molar-refractivity contribution in [1.29, 1.82) is 5.41 Å². The molecule has 0 aromatic heterocycles. The third kappa shape index (κ3) is 2.99. The van der Waals surface area contributed by atoms with Gasteiger partial charge in [-0.15, -0.1) is 0 Å². The Morgan fingerprint density at radius 3 is 2.25 bits per heavy atom. The van der Waals surface area contributed by atoms with E-state index in [2.05, 4.69) is 0 Å². The molecule has 3 nitrogen and oxygen atoms in total. The van der Waals surface area contributed by atoms with E-state index in [-0.39, 0.29) is 5.84 Å². The van der Waals surface area contributed by atoms with Gasteiger partial charge in [-0.3, -0.25) is 5.41 Å². The first-order valence-corrected chi connectivity index (χ1v) is 6.62. The standard InChI is InChI=1S/C17H20N2O/c1-11-5-4-6-12(2)16(11)20-10-15-8-7-14(17(18)19)9-13(15)3/h4-9H,10H2,1-3H3,(H3,18,19). The van der Waals surface area contributed by atoms with Crippen LogP contribution < -0.4 is 10.5 Å². The van der Waals surface area contributed by atoms with E-state index >= 15 is 0 Å². The maximum absolute atomic E-state index is 7.44. The summed E-state index contributed by atoms with van der Waals surface area (Å²) in [5, 5.41) is 7.44. The molecule has 0 aliphatic heterocycles. The van der Waals surface area contributed by atoms with Gasteiger partial charge in [-0.2, -0.15) is 0 Å². The molecule has 0 radical (unpaired) electrons. The molecule has 0 aliphatic rings. The quantitative estimate of drug-likeness (QED) is 0.659. The lowest BCUT2D eigenvalue weighted by atomic mass is 10.0. The minimum absolute atomic E-state index is 0.0929. The molecule has 20 heavy (non-hydrogen) atoms. The van der Waals surface area contributed by atoms with Crippen LogP contribution in [0.4, 0.5) is 0 Å². The number of hydrogen-bond donors (Lipinski definition) is 2. The van der Waals surface area contributed by atoms with Crippen molar-refractivity contribution in [2.24, 2.45) is 5.73 Å². The lowest BCUT2D eigenvalue weighted by molar-refractivity contribution is 0.301. The summed E-state index contributed by atoms with van der Waals surface area (Å²) in [6.07, 6.45) is 0. The van der Waals surface area contributed by atoms with E-state index in [1.165, 1.54) is 0 Å². The van der Waals surface area contributed by atoms with E-state index in [9.17, 15) is 0 Å². The first-order valence-electron chi connectivity index (χ1n) is 6.62. The summed E-state index contributed by atoms with van der Waals surface area (Å²) >= 11 is 0. The highest BCUT2D eigenvalue weighted by atomic mass is 16.5. The molecular weight excluding hydrogens is 248 g/mol. The molecule has 0 amide bonds. The molecule has 2 rings (SSSR count). The predicted octanol–water partition coefficient (Wildman–Crippen LogP) is 3.47. The van der Waals surface area contributed by atoms with Gasteiger partial charge in [0.15, 0.2) is 0 Å². The van der Waals surface area contributed by atoms with Gasteiger partial charge in [-0.05, 0) is 49.1 Å². The van der Waals surface area contributed by atoms with E-state index in [0.29, 0.717) is 6.61 Å². The molecule has 0 atom stereocenters.